The Morgan fingerprint density at radius 1 is 1.29 bits per heavy atom. The van der Waals surface area contributed by atoms with Crippen LogP contribution in [-0.2, 0) is 32.7 Å². The van der Waals surface area contributed by atoms with Crippen molar-refractivity contribution in [1.29, 1.82) is 0 Å². The molecule has 0 bridgehead atoms. The van der Waals surface area contributed by atoms with Crippen molar-refractivity contribution in [2.45, 2.75) is 18.1 Å². The standard InChI is InChI=1S/C20H23FN2O7S/c1-23(2)31(26,27)16-3-4-18(22-5-6-24)17(9-16)20(25)29-11-14-8-15(21)7-13-10-28-12-30-19(13)14/h3-4,7-9,22,24H,5-6,10-12H2,1-2H3. The molecule has 1 heterocycles. The molecule has 0 aromatic heterocycles. The Hall–Kier alpha value is -2.73. The fourth-order valence-electron chi connectivity index (χ4n) is 2.99. The molecule has 1 aliphatic rings. The normalized spacial score (nSPS) is 13.5. The van der Waals surface area contributed by atoms with Crippen LogP contribution in [0.2, 0.25) is 0 Å². The van der Waals surface area contributed by atoms with Crippen molar-refractivity contribution in [2.75, 3.05) is 39.4 Å². The topological polar surface area (TPSA) is 114 Å². The van der Waals surface area contributed by atoms with Crippen molar-refractivity contribution in [1.82, 2.24) is 4.31 Å². The van der Waals surface area contributed by atoms with Gasteiger partial charge in [0.25, 0.3) is 0 Å². The van der Waals surface area contributed by atoms with Crippen molar-refractivity contribution in [3.8, 4) is 5.75 Å². The Morgan fingerprint density at radius 3 is 2.77 bits per heavy atom. The molecule has 0 saturated carbocycles. The first kappa shape index (κ1) is 22.9. The van der Waals surface area contributed by atoms with Crippen LogP contribution in [-0.4, -0.2) is 57.8 Å². The van der Waals surface area contributed by atoms with E-state index >= 15 is 0 Å². The van der Waals surface area contributed by atoms with Crippen molar-refractivity contribution in [2.24, 2.45) is 0 Å². The summed E-state index contributed by atoms with van der Waals surface area (Å²) in [6.45, 7) is -0.164. The maximum absolute atomic E-state index is 13.9. The molecular formula is C20H23FN2O7S. The minimum absolute atomic E-state index is 0.000747. The average Bonchev–Trinajstić information content (AvgIpc) is 2.75. The molecule has 0 spiro atoms. The zero-order chi connectivity index (χ0) is 22.6. The van der Waals surface area contributed by atoms with E-state index in [2.05, 4.69) is 5.32 Å². The van der Waals surface area contributed by atoms with Crippen LogP contribution in [0, 0.1) is 5.82 Å². The number of nitrogens with zero attached hydrogens (tertiary/aromatic N) is 1. The number of rotatable bonds is 8. The largest absolute Gasteiger partial charge is 0.467 e. The first-order valence-electron chi connectivity index (χ1n) is 9.34. The number of anilines is 1. The second kappa shape index (κ2) is 9.60. The van der Waals surface area contributed by atoms with Crippen LogP contribution < -0.4 is 10.1 Å². The van der Waals surface area contributed by atoms with E-state index < -0.39 is 21.8 Å². The highest BCUT2D eigenvalue weighted by Gasteiger charge is 2.23. The zero-order valence-electron chi connectivity index (χ0n) is 17.1. The minimum atomic E-state index is -3.79. The van der Waals surface area contributed by atoms with Crippen LogP contribution in [0.25, 0.3) is 0 Å². The van der Waals surface area contributed by atoms with Crippen molar-refractivity contribution in [3.63, 3.8) is 0 Å². The minimum Gasteiger partial charge on any atom is -0.467 e. The van der Waals surface area contributed by atoms with Gasteiger partial charge in [0.2, 0.25) is 10.0 Å². The maximum atomic E-state index is 13.9. The Labute approximate surface area is 179 Å². The number of esters is 1. The van der Waals surface area contributed by atoms with Gasteiger partial charge in [0.1, 0.15) is 18.2 Å². The number of sulfonamides is 1. The maximum Gasteiger partial charge on any atom is 0.340 e. The highest BCUT2D eigenvalue weighted by atomic mass is 32.2. The van der Waals surface area contributed by atoms with Crippen molar-refractivity contribution < 1.29 is 36.9 Å². The lowest BCUT2D eigenvalue weighted by Crippen LogP contribution is -2.23. The van der Waals surface area contributed by atoms with E-state index in [9.17, 15) is 17.6 Å². The number of carbonyl (C=O) groups is 1. The number of hydrogen-bond acceptors (Lipinski definition) is 8. The third kappa shape index (κ3) is 5.13. The van der Waals surface area contributed by atoms with Crippen LogP contribution in [0.15, 0.2) is 35.2 Å². The molecule has 0 amide bonds. The summed E-state index contributed by atoms with van der Waals surface area (Å²) in [5, 5.41) is 11.9. The number of carbonyl (C=O) groups excluding carboxylic acids is 1. The molecular weight excluding hydrogens is 431 g/mol. The molecule has 2 aromatic carbocycles. The summed E-state index contributed by atoms with van der Waals surface area (Å²) < 4.78 is 55.7. The zero-order valence-corrected chi connectivity index (χ0v) is 17.9. The predicted octanol–water partition coefficient (Wildman–Crippen LogP) is 1.70. The monoisotopic (exact) mass is 454 g/mol. The van der Waals surface area contributed by atoms with Crippen molar-refractivity contribution >= 4 is 21.7 Å². The molecule has 0 atom stereocenters. The van der Waals surface area contributed by atoms with Gasteiger partial charge in [-0.25, -0.2) is 21.9 Å². The number of fused-ring (bicyclic) bond motifs is 1. The number of benzene rings is 2. The predicted molar refractivity (Wildman–Crippen MR) is 109 cm³/mol. The van der Waals surface area contributed by atoms with Crippen LogP contribution in [0.1, 0.15) is 21.5 Å². The van der Waals surface area contributed by atoms with Gasteiger partial charge in [-0.1, -0.05) is 0 Å². The van der Waals surface area contributed by atoms with Crippen LogP contribution in [0.3, 0.4) is 0 Å². The summed E-state index contributed by atoms with van der Waals surface area (Å²) in [6, 6.07) is 6.46. The van der Waals surface area contributed by atoms with E-state index in [1.54, 1.807) is 0 Å². The van der Waals surface area contributed by atoms with Gasteiger partial charge in [-0.2, -0.15) is 0 Å². The lowest BCUT2D eigenvalue weighted by molar-refractivity contribution is -0.0182. The van der Waals surface area contributed by atoms with Crippen molar-refractivity contribution in [3.05, 3.63) is 52.8 Å². The van der Waals surface area contributed by atoms with Crippen LogP contribution in [0.4, 0.5) is 10.1 Å². The molecule has 1 aliphatic heterocycles. The number of hydrogen-bond donors (Lipinski definition) is 2. The number of ether oxygens (including phenoxy) is 3. The second-order valence-electron chi connectivity index (χ2n) is 6.89. The van der Waals surface area contributed by atoms with E-state index in [0.29, 0.717) is 22.6 Å². The number of aliphatic hydroxyl groups excluding tert-OH is 1. The first-order chi connectivity index (χ1) is 14.7. The average molecular weight is 454 g/mol. The summed E-state index contributed by atoms with van der Waals surface area (Å²) in [5.74, 6) is -0.951. The van der Waals surface area contributed by atoms with Gasteiger partial charge in [-0.05, 0) is 30.3 Å². The molecule has 11 heteroatoms. The van der Waals surface area contributed by atoms with E-state index in [1.165, 1.54) is 44.4 Å². The SMILES string of the molecule is CN(C)S(=O)(=O)c1ccc(NCCO)c(C(=O)OCc2cc(F)cc3c2OCOC3)c1. The molecule has 0 unspecified atom stereocenters. The van der Waals surface area contributed by atoms with Crippen LogP contribution >= 0.6 is 0 Å². The number of nitrogens with one attached hydrogen (secondary N) is 1. The molecule has 31 heavy (non-hydrogen) atoms. The second-order valence-corrected chi connectivity index (χ2v) is 9.04. The smallest absolute Gasteiger partial charge is 0.340 e. The van der Waals surface area contributed by atoms with E-state index in [1.807, 2.05) is 0 Å². The summed E-state index contributed by atoms with van der Waals surface area (Å²) in [6.07, 6.45) is 0. The Morgan fingerprint density at radius 2 is 2.06 bits per heavy atom. The fraction of sp³-hybridized carbons (Fsp3) is 0.350. The van der Waals surface area contributed by atoms with Gasteiger partial charge >= 0.3 is 5.97 Å². The molecule has 0 radical (unpaired) electrons. The van der Waals surface area contributed by atoms with Crippen LogP contribution in [0.5, 0.6) is 5.75 Å². The molecule has 2 aromatic rings. The van der Waals surface area contributed by atoms with E-state index in [0.717, 1.165) is 4.31 Å². The Bertz CT molecular complexity index is 1070. The summed E-state index contributed by atoms with van der Waals surface area (Å²) >= 11 is 0. The van der Waals surface area contributed by atoms with E-state index in [-0.39, 0.29) is 43.6 Å². The molecule has 0 fully saturated rings. The highest BCUT2D eigenvalue weighted by molar-refractivity contribution is 7.89. The number of halogens is 1. The van der Waals surface area contributed by atoms with Gasteiger partial charge in [0.15, 0.2) is 6.79 Å². The quantitative estimate of drug-likeness (QED) is 0.580. The molecule has 0 aliphatic carbocycles. The molecule has 0 saturated heterocycles. The van der Waals surface area contributed by atoms with Gasteiger partial charge < -0.3 is 24.6 Å². The highest BCUT2D eigenvalue weighted by Crippen LogP contribution is 2.30. The van der Waals surface area contributed by atoms with Gasteiger partial charge in [-0.3, -0.25) is 0 Å². The molecule has 168 valence electrons. The third-order valence-corrected chi connectivity index (χ3v) is 6.34. The van der Waals surface area contributed by atoms with Gasteiger partial charge in [0.05, 0.1) is 23.7 Å². The first-order valence-corrected chi connectivity index (χ1v) is 10.8. The summed E-state index contributed by atoms with van der Waals surface area (Å²) in [5.41, 5.74) is 1.09. The lowest BCUT2D eigenvalue weighted by Gasteiger charge is -2.21. The van der Waals surface area contributed by atoms with E-state index in [4.69, 9.17) is 19.3 Å². The Balaban J connectivity index is 1.89. The lowest BCUT2D eigenvalue weighted by atomic mass is 10.1. The fourth-order valence-corrected chi connectivity index (χ4v) is 3.92. The summed E-state index contributed by atoms with van der Waals surface area (Å²) in [7, 11) is -1.04. The number of aliphatic hydroxyl groups is 1. The van der Waals surface area contributed by atoms with Gasteiger partial charge in [-0.15, -0.1) is 0 Å². The Kier molecular flexibility index (Phi) is 7.11. The molecule has 3 rings (SSSR count). The van der Waals surface area contributed by atoms with Gasteiger partial charge in [0, 0.05) is 37.5 Å². The third-order valence-electron chi connectivity index (χ3n) is 4.53. The molecule has 2 N–H and O–H groups in total. The summed E-state index contributed by atoms with van der Waals surface area (Å²) in [4.78, 5) is 12.7. The molecule has 9 nitrogen and oxygen atoms in total.